The van der Waals surface area contributed by atoms with E-state index in [0.29, 0.717) is 25.7 Å². The number of carbonyl (C=O) groups excluding carboxylic acids is 4. The van der Waals surface area contributed by atoms with Gasteiger partial charge >= 0.3 is 39.5 Å². The molecular weight excluding hydrogens is 1260 g/mol. The molecule has 0 rings (SSSR count). The van der Waals surface area contributed by atoms with Crippen molar-refractivity contribution in [2.45, 2.75) is 419 Å². The maximum atomic E-state index is 13.1. The first kappa shape index (κ1) is 94.1. The Balaban J connectivity index is 5.17. The van der Waals surface area contributed by atoms with Crippen LogP contribution < -0.4 is 0 Å². The number of aliphatic hydroxyl groups excluding tert-OH is 1. The van der Waals surface area contributed by atoms with Crippen LogP contribution in [0.15, 0.2) is 0 Å². The monoisotopic (exact) mass is 1410 g/mol. The summed E-state index contributed by atoms with van der Waals surface area (Å²) in [6.45, 7) is 9.61. The molecule has 4 unspecified atom stereocenters. The minimum absolute atomic E-state index is 0.106. The number of unbranched alkanes of at least 4 members (excludes halogenated alkanes) is 44. The van der Waals surface area contributed by atoms with Gasteiger partial charge in [0.05, 0.1) is 26.4 Å². The van der Waals surface area contributed by atoms with E-state index in [1.54, 1.807) is 0 Å². The molecule has 570 valence electrons. The predicted molar refractivity (Wildman–Crippen MR) is 391 cm³/mol. The molecule has 96 heavy (non-hydrogen) atoms. The molecule has 0 saturated carbocycles. The fourth-order valence-corrected chi connectivity index (χ4v) is 13.3. The van der Waals surface area contributed by atoms with Crippen LogP contribution in [-0.4, -0.2) is 96.7 Å². The first-order chi connectivity index (χ1) is 46.4. The highest BCUT2D eigenvalue weighted by Crippen LogP contribution is 2.45. The van der Waals surface area contributed by atoms with Gasteiger partial charge in [-0.1, -0.05) is 350 Å². The fraction of sp³-hybridized carbons (Fsp3) is 0.948. The minimum Gasteiger partial charge on any atom is -0.462 e. The summed E-state index contributed by atoms with van der Waals surface area (Å²) in [4.78, 5) is 72.7. The predicted octanol–water partition coefficient (Wildman–Crippen LogP) is 22.7. The van der Waals surface area contributed by atoms with Gasteiger partial charge in [-0.15, -0.1) is 0 Å². The van der Waals surface area contributed by atoms with E-state index in [2.05, 4.69) is 41.5 Å². The fourth-order valence-electron chi connectivity index (χ4n) is 11.8. The molecule has 3 N–H and O–H groups in total. The molecule has 0 bridgehead atoms. The molecule has 0 aliphatic heterocycles. The summed E-state index contributed by atoms with van der Waals surface area (Å²) in [7, 11) is -9.91. The number of carbonyl (C=O) groups is 4. The zero-order chi connectivity index (χ0) is 70.7. The first-order valence-corrected chi connectivity index (χ1v) is 43.1. The van der Waals surface area contributed by atoms with Crippen molar-refractivity contribution in [2.75, 3.05) is 39.6 Å². The summed E-state index contributed by atoms with van der Waals surface area (Å²) in [5.41, 5.74) is 0. The highest BCUT2D eigenvalue weighted by Gasteiger charge is 2.30. The second-order valence-electron chi connectivity index (χ2n) is 28.2. The average Bonchev–Trinajstić information content (AvgIpc) is 1.70. The van der Waals surface area contributed by atoms with Crippen molar-refractivity contribution in [3.63, 3.8) is 0 Å². The largest absolute Gasteiger partial charge is 0.472 e. The van der Waals surface area contributed by atoms with Gasteiger partial charge in [0.1, 0.15) is 19.3 Å². The summed E-state index contributed by atoms with van der Waals surface area (Å²) in [5.74, 6) is -0.507. The Morgan fingerprint density at radius 1 is 0.292 bits per heavy atom. The minimum atomic E-state index is -4.96. The highest BCUT2D eigenvalue weighted by atomic mass is 31.2. The van der Waals surface area contributed by atoms with Gasteiger partial charge in [0, 0.05) is 25.7 Å². The number of hydrogen-bond acceptors (Lipinski definition) is 15. The number of aliphatic hydroxyl groups is 1. The lowest BCUT2D eigenvalue weighted by Gasteiger charge is -2.21. The van der Waals surface area contributed by atoms with Gasteiger partial charge < -0.3 is 33.8 Å². The van der Waals surface area contributed by atoms with E-state index in [1.807, 2.05) is 0 Å². The van der Waals surface area contributed by atoms with Crippen molar-refractivity contribution in [1.82, 2.24) is 0 Å². The summed E-state index contributed by atoms with van der Waals surface area (Å²) in [6.07, 6.45) is 57.0. The summed E-state index contributed by atoms with van der Waals surface area (Å²) < 4.78 is 68.5. The lowest BCUT2D eigenvalue weighted by molar-refractivity contribution is -0.161. The smallest absolute Gasteiger partial charge is 0.462 e. The quantitative estimate of drug-likeness (QED) is 0.0222. The molecule has 0 amide bonds. The van der Waals surface area contributed by atoms with Gasteiger partial charge in [-0.2, -0.15) is 0 Å². The second-order valence-corrected chi connectivity index (χ2v) is 31.1. The molecule has 0 fully saturated rings. The van der Waals surface area contributed by atoms with E-state index in [-0.39, 0.29) is 25.7 Å². The second kappa shape index (κ2) is 68.8. The summed E-state index contributed by atoms with van der Waals surface area (Å²) >= 11 is 0. The van der Waals surface area contributed by atoms with E-state index in [0.717, 1.165) is 115 Å². The third-order valence-electron chi connectivity index (χ3n) is 18.7. The van der Waals surface area contributed by atoms with Crippen molar-refractivity contribution >= 4 is 39.5 Å². The van der Waals surface area contributed by atoms with E-state index >= 15 is 0 Å². The van der Waals surface area contributed by atoms with Gasteiger partial charge in [-0.25, -0.2) is 9.13 Å². The van der Waals surface area contributed by atoms with Crippen molar-refractivity contribution in [3.8, 4) is 0 Å². The van der Waals surface area contributed by atoms with Crippen molar-refractivity contribution in [2.24, 2.45) is 11.8 Å². The molecule has 0 radical (unpaired) electrons. The SMILES string of the molecule is CCCCCCCCCCCCCCCCCCCCCCCC(=O)O[C@H](COC(=O)CCCCCCCCCCCCC(C)CC)COP(=O)(O)OC[C@@H](O)COP(=O)(O)OC[C@@H](COC(=O)CCCCCCCCC)OC(=O)CCCCCCCCCCCCC(C)CC. The van der Waals surface area contributed by atoms with Crippen LogP contribution in [0, 0.1) is 11.8 Å². The normalized spacial score (nSPS) is 14.6. The number of esters is 4. The van der Waals surface area contributed by atoms with Gasteiger partial charge in [-0.05, 0) is 37.5 Å². The van der Waals surface area contributed by atoms with Gasteiger partial charge in [0.15, 0.2) is 12.2 Å². The Kier molecular flexibility index (Phi) is 67.4. The number of rotatable bonds is 76. The molecule has 7 atom stereocenters. The molecule has 17 nitrogen and oxygen atoms in total. The van der Waals surface area contributed by atoms with Gasteiger partial charge in [-0.3, -0.25) is 37.3 Å². The molecule has 19 heteroatoms. The average molecular weight is 1410 g/mol. The first-order valence-electron chi connectivity index (χ1n) is 40.1. The molecule has 0 saturated heterocycles. The summed E-state index contributed by atoms with van der Waals surface area (Å²) in [5, 5.41) is 10.6. The van der Waals surface area contributed by atoms with E-state index < -0.39 is 97.5 Å². The van der Waals surface area contributed by atoms with Crippen LogP contribution in [0.2, 0.25) is 0 Å². The number of phosphoric acid groups is 2. The standard InChI is InChI=1S/C77H150O17P2/c1-7-11-13-15-17-18-19-20-21-22-23-24-25-26-27-28-29-37-43-49-55-61-76(81)94-73(66-88-75(80)60-54-48-42-36-32-30-34-40-45-51-57-69(5)9-3)68-92-96(85,86)90-64-71(78)63-89-95(83,84)91-67-72(65-87-74(79)59-53-47-39-16-14-12-8-2)93-77(82)62-56-50-44-38-33-31-35-41-46-52-58-70(6)10-4/h69-73,78H,7-68H2,1-6H3,(H,83,84)(H,85,86)/t69?,70?,71-,72+,73+/m0/s1. The maximum Gasteiger partial charge on any atom is 0.472 e. The maximum absolute atomic E-state index is 13.1. The third kappa shape index (κ3) is 67.9. The lowest BCUT2D eigenvalue weighted by Crippen LogP contribution is -2.30. The van der Waals surface area contributed by atoms with Crippen LogP contribution in [0.3, 0.4) is 0 Å². The van der Waals surface area contributed by atoms with Crippen LogP contribution >= 0.6 is 15.6 Å². The molecule has 0 spiro atoms. The van der Waals surface area contributed by atoms with Crippen molar-refractivity contribution < 1.29 is 80.2 Å². The molecule has 0 aromatic carbocycles. The van der Waals surface area contributed by atoms with Crippen molar-refractivity contribution in [3.05, 3.63) is 0 Å². The number of ether oxygens (including phenoxy) is 4. The third-order valence-corrected chi connectivity index (χ3v) is 20.6. The van der Waals surface area contributed by atoms with E-state index in [9.17, 15) is 43.2 Å². The zero-order valence-electron chi connectivity index (χ0n) is 62.7. The molecular formula is C77H150O17P2. The zero-order valence-corrected chi connectivity index (χ0v) is 64.5. The number of hydrogen-bond donors (Lipinski definition) is 3. The highest BCUT2D eigenvalue weighted by molar-refractivity contribution is 7.47. The van der Waals surface area contributed by atoms with Crippen LogP contribution in [-0.2, 0) is 65.4 Å². The Labute approximate surface area is 588 Å². The van der Waals surface area contributed by atoms with Crippen LogP contribution in [0.5, 0.6) is 0 Å². The molecule has 0 heterocycles. The van der Waals surface area contributed by atoms with Crippen molar-refractivity contribution in [1.29, 1.82) is 0 Å². The Morgan fingerprint density at radius 3 is 0.740 bits per heavy atom. The number of phosphoric ester groups is 2. The Bertz CT molecular complexity index is 1860. The van der Waals surface area contributed by atoms with Crippen LogP contribution in [0.1, 0.15) is 401 Å². The molecule has 0 aliphatic rings. The molecule has 0 aliphatic carbocycles. The molecule has 0 aromatic heterocycles. The Hall–Kier alpha value is -1.94. The Morgan fingerprint density at radius 2 is 0.500 bits per heavy atom. The van der Waals surface area contributed by atoms with Crippen LogP contribution in [0.25, 0.3) is 0 Å². The van der Waals surface area contributed by atoms with E-state index in [1.165, 1.54) is 205 Å². The lowest BCUT2D eigenvalue weighted by atomic mass is 9.99. The molecule has 0 aromatic rings. The van der Waals surface area contributed by atoms with E-state index in [4.69, 9.17) is 37.0 Å². The van der Waals surface area contributed by atoms with Gasteiger partial charge in [0.2, 0.25) is 0 Å². The topological polar surface area (TPSA) is 237 Å². The van der Waals surface area contributed by atoms with Gasteiger partial charge in [0.25, 0.3) is 0 Å². The summed E-state index contributed by atoms with van der Waals surface area (Å²) in [6, 6.07) is 0. The van der Waals surface area contributed by atoms with Crippen LogP contribution in [0.4, 0.5) is 0 Å².